The molecule has 0 amide bonds. The molecule has 0 spiro atoms. The number of piperidine rings is 1. The number of rotatable bonds is 5. The van der Waals surface area contributed by atoms with Gasteiger partial charge in [-0.25, -0.2) is 8.78 Å². The van der Waals surface area contributed by atoms with Crippen molar-refractivity contribution in [2.24, 2.45) is 0 Å². The van der Waals surface area contributed by atoms with Gasteiger partial charge >= 0.3 is 0 Å². The summed E-state index contributed by atoms with van der Waals surface area (Å²) in [6.45, 7) is 2.65. The first kappa shape index (κ1) is 19.5. The second-order valence-corrected chi connectivity index (χ2v) is 7.11. The van der Waals surface area contributed by atoms with Crippen LogP contribution in [0, 0.1) is 11.6 Å². The molecule has 7 heteroatoms. The molecule has 1 fully saturated rings. The number of nitrogens with one attached hydrogen (secondary N) is 2. The van der Waals surface area contributed by atoms with Crippen molar-refractivity contribution < 1.29 is 13.5 Å². The number of hydrogen-bond acceptors (Lipinski definition) is 3. The Morgan fingerprint density at radius 2 is 1.81 bits per heavy atom. The van der Waals surface area contributed by atoms with Gasteiger partial charge < -0.3 is 20.3 Å². The zero-order valence-corrected chi connectivity index (χ0v) is 16.0. The second-order valence-electron chi connectivity index (χ2n) is 6.70. The van der Waals surface area contributed by atoms with Crippen molar-refractivity contribution in [3.8, 4) is 5.75 Å². The van der Waals surface area contributed by atoms with Crippen molar-refractivity contribution in [3.05, 3.63) is 59.7 Å². The molecule has 3 rings (SSSR count). The highest BCUT2D eigenvalue weighted by molar-refractivity contribution is 7.80. The quantitative estimate of drug-likeness (QED) is 0.756. The molecule has 2 aromatic carbocycles. The Morgan fingerprint density at radius 1 is 1.11 bits per heavy atom. The van der Waals surface area contributed by atoms with E-state index in [1.807, 2.05) is 24.3 Å². The third kappa shape index (κ3) is 5.87. The van der Waals surface area contributed by atoms with Crippen molar-refractivity contribution in [2.45, 2.75) is 25.5 Å². The Labute approximate surface area is 163 Å². The van der Waals surface area contributed by atoms with Crippen molar-refractivity contribution in [3.63, 3.8) is 0 Å². The third-order valence-corrected chi connectivity index (χ3v) is 4.77. The molecule has 0 aromatic heterocycles. The van der Waals surface area contributed by atoms with Crippen molar-refractivity contribution in [1.82, 2.24) is 10.2 Å². The summed E-state index contributed by atoms with van der Waals surface area (Å²) < 4.78 is 32.2. The van der Waals surface area contributed by atoms with Gasteiger partial charge in [-0.1, -0.05) is 12.1 Å². The lowest BCUT2D eigenvalue weighted by atomic mass is 10.1. The van der Waals surface area contributed by atoms with Crippen LogP contribution in [-0.2, 0) is 6.54 Å². The van der Waals surface area contributed by atoms with Gasteiger partial charge in [-0.15, -0.1) is 0 Å². The first-order chi connectivity index (χ1) is 13.0. The van der Waals surface area contributed by atoms with Gasteiger partial charge in [-0.2, -0.15) is 0 Å². The minimum absolute atomic E-state index is 0.276. The van der Waals surface area contributed by atoms with E-state index in [0.717, 1.165) is 49.4 Å². The molecule has 0 radical (unpaired) electrons. The van der Waals surface area contributed by atoms with Crippen LogP contribution >= 0.6 is 12.2 Å². The van der Waals surface area contributed by atoms with Crippen molar-refractivity contribution in [1.29, 1.82) is 0 Å². The Bertz CT molecular complexity index is 777. The molecule has 4 nitrogen and oxygen atoms in total. The normalized spacial score (nSPS) is 15.4. The molecule has 0 saturated carbocycles. The summed E-state index contributed by atoms with van der Waals surface area (Å²) in [6.07, 6.45) is 2.37. The molecule has 1 heterocycles. The highest BCUT2D eigenvalue weighted by Gasteiger charge is 2.17. The standard InChI is InChI=1S/C20H23F2N3OS/c1-25-10-8-17(9-11-25)26-16-5-2-14(3-6-16)13-23-20(27)24-15-4-7-18(21)19(22)12-15/h2-7,12,17H,8-11,13H2,1H3,(H2,23,24,27). The molecule has 0 atom stereocenters. The van der Waals surface area contributed by atoms with Gasteiger partial charge in [0.05, 0.1) is 0 Å². The maximum atomic E-state index is 13.2. The average molecular weight is 391 g/mol. The summed E-state index contributed by atoms with van der Waals surface area (Å²) in [6, 6.07) is 11.4. The second kappa shape index (κ2) is 9.10. The fourth-order valence-electron chi connectivity index (χ4n) is 2.91. The summed E-state index contributed by atoms with van der Waals surface area (Å²) in [5.74, 6) is -0.930. The smallest absolute Gasteiger partial charge is 0.171 e. The van der Waals surface area contributed by atoms with Crippen LogP contribution in [0.25, 0.3) is 0 Å². The summed E-state index contributed by atoms with van der Waals surface area (Å²) in [7, 11) is 2.13. The molecule has 144 valence electrons. The van der Waals surface area contributed by atoms with Gasteiger partial charge in [0.1, 0.15) is 11.9 Å². The number of thiocarbonyl (C=S) groups is 1. The molecular formula is C20H23F2N3OS. The van der Waals surface area contributed by atoms with Crippen molar-refractivity contribution in [2.75, 3.05) is 25.5 Å². The molecule has 2 aromatic rings. The van der Waals surface area contributed by atoms with Gasteiger partial charge in [-0.05, 0) is 61.9 Å². The Kier molecular flexibility index (Phi) is 6.58. The number of benzene rings is 2. The third-order valence-electron chi connectivity index (χ3n) is 4.52. The fourth-order valence-corrected chi connectivity index (χ4v) is 3.10. The predicted molar refractivity (Wildman–Crippen MR) is 107 cm³/mol. The fraction of sp³-hybridized carbons (Fsp3) is 0.350. The number of nitrogens with zero attached hydrogens (tertiary/aromatic N) is 1. The van der Waals surface area contributed by atoms with Gasteiger partial charge in [-0.3, -0.25) is 0 Å². The van der Waals surface area contributed by atoms with E-state index in [2.05, 4.69) is 22.6 Å². The van der Waals surface area contributed by atoms with Crippen LogP contribution in [0.1, 0.15) is 18.4 Å². The first-order valence-electron chi connectivity index (χ1n) is 8.93. The molecular weight excluding hydrogens is 368 g/mol. The molecule has 27 heavy (non-hydrogen) atoms. The Balaban J connectivity index is 1.45. The molecule has 0 bridgehead atoms. The molecule has 2 N–H and O–H groups in total. The van der Waals surface area contributed by atoms with Crippen LogP contribution in [0.4, 0.5) is 14.5 Å². The monoisotopic (exact) mass is 391 g/mol. The molecule has 1 saturated heterocycles. The number of anilines is 1. The number of ether oxygens (including phenoxy) is 1. The van der Waals surface area contributed by atoms with E-state index in [1.54, 1.807) is 0 Å². The molecule has 0 aliphatic carbocycles. The number of hydrogen-bond donors (Lipinski definition) is 2. The lowest BCUT2D eigenvalue weighted by Gasteiger charge is -2.29. The zero-order valence-electron chi connectivity index (χ0n) is 15.2. The molecule has 1 aliphatic heterocycles. The zero-order chi connectivity index (χ0) is 19.2. The van der Waals surface area contributed by atoms with Gasteiger partial charge in [0.2, 0.25) is 0 Å². The van der Waals surface area contributed by atoms with E-state index in [-0.39, 0.29) is 6.10 Å². The topological polar surface area (TPSA) is 36.5 Å². The highest BCUT2D eigenvalue weighted by Crippen LogP contribution is 2.19. The largest absolute Gasteiger partial charge is 0.490 e. The van der Waals surface area contributed by atoms with E-state index >= 15 is 0 Å². The highest BCUT2D eigenvalue weighted by atomic mass is 32.1. The number of halogens is 2. The van der Waals surface area contributed by atoms with E-state index in [4.69, 9.17) is 17.0 Å². The minimum Gasteiger partial charge on any atom is -0.490 e. The first-order valence-corrected chi connectivity index (χ1v) is 9.34. The summed E-state index contributed by atoms with van der Waals surface area (Å²) in [5.41, 5.74) is 1.44. The van der Waals surface area contributed by atoms with Crippen molar-refractivity contribution >= 4 is 23.0 Å². The van der Waals surface area contributed by atoms with E-state index in [1.165, 1.54) is 6.07 Å². The SMILES string of the molecule is CN1CCC(Oc2ccc(CNC(=S)Nc3ccc(F)c(F)c3)cc2)CC1. The molecule has 1 aliphatic rings. The number of likely N-dealkylation sites (tertiary alicyclic amines) is 1. The van der Waals surface area contributed by atoms with E-state index < -0.39 is 11.6 Å². The van der Waals surface area contributed by atoms with Gasteiger partial charge in [0.15, 0.2) is 16.7 Å². The van der Waals surface area contributed by atoms with E-state index in [0.29, 0.717) is 17.3 Å². The lowest BCUT2D eigenvalue weighted by molar-refractivity contribution is 0.114. The summed E-state index contributed by atoms with van der Waals surface area (Å²) in [5, 5.41) is 6.22. The summed E-state index contributed by atoms with van der Waals surface area (Å²) >= 11 is 5.19. The molecule has 0 unspecified atom stereocenters. The van der Waals surface area contributed by atoms with Crippen LogP contribution in [0.5, 0.6) is 5.75 Å². The van der Waals surface area contributed by atoms with Crippen LogP contribution in [0.15, 0.2) is 42.5 Å². The Morgan fingerprint density at radius 3 is 2.48 bits per heavy atom. The average Bonchev–Trinajstić information content (AvgIpc) is 2.66. The van der Waals surface area contributed by atoms with Crippen LogP contribution in [-0.4, -0.2) is 36.3 Å². The van der Waals surface area contributed by atoms with Crippen LogP contribution in [0.2, 0.25) is 0 Å². The summed E-state index contributed by atoms with van der Waals surface area (Å²) in [4.78, 5) is 2.31. The predicted octanol–water partition coefficient (Wildman–Crippen LogP) is 3.92. The lowest BCUT2D eigenvalue weighted by Crippen LogP contribution is -2.35. The van der Waals surface area contributed by atoms with Gasteiger partial charge in [0, 0.05) is 31.4 Å². The minimum atomic E-state index is -0.914. The van der Waals surface area contributed by atoms with Gasteiger partial charge in [0.25, 0.3) is 0 Å². The maximum absolute atomic E-state index is 13.2. The van der Waals surface area contributed by atoms with Crippen LogP contribution < -0.4 is 15.4 Å². The van der Waals surface area contributed by atoms with Crippen LogP contribution in [0.3, 0.4) is 0 Å². The maximum Gasteiger partial charge on any atom is 0.171 e. The Hall–Kier alpha value is -2.25. The van der Waals surface area contributed by atoms with E-state index in [9.17, 15) is 8.78 Å².